The van der Waals surface area contributed by atoms with Crippen LogP contribution in [0.25, 0.3) is 11.4 Å². The maximum Gasteiger partial charge on any atom is 0.356 e. The lowest BCUT2D eigenvalue weighted by Gasteiger charge is -2.04. The Hall–Kier alpha value is -2.14. The second kappa shape index (κ2) is 5.01. The second-order valence-electron chi connectivity index (χ2n) is 3.50. The first-order valence-electron chi connectivity index (χ1n) is 5.09. The Kier molecular flexibility index (Phi) is 3.43. The van der Waals surface area contributed by atoms with Crippen molar-refractivity contribution in [1.29, 1.82) is 0 Å². The molecule has 0 bridgehead atoms. The molecule has 0 aliphatic heterocycles. The summed E-state index contributed by atoms with van der Waals surface area (Å²) in [6, 6.07) is 8.28. The van der Waals surface area contributed by atoms with Crippen LogP contribution < -0.4 is 5.73 Å². The van der Waals surface area contributed by atoms with Gasteiger partial charge in [0.2, 0.25) is 0 Å². The van der Waals surface area contributed by atoms with Crippen molar-refractivity contribution in [1.82, 2.24) is 9.97 Å². The van der Waals surface area contributed by atoms with Crippen LogP contribution in [0.4, 0.5) is 5.82 Å². The molecule has 0 atom stereocenters. The molecule has 1 aromatic heterocycles. The van der Waals surface area contributed by atoms with Gasteiger partial charge < -0.3 is 10.5 Å². The summed E-state index contributed by atoms with van der Waals surface area (Å²) in [6.07, 6.45) is 0. The number of nitrogens with two attached hydrogens (primary N) is 1. The highest BCUT2D eigenvalue weighted by atomic mass is 35.5. The first kappa shape index (κ1) is 12.3. The number of aromatic nitrogens is 2. The van der Waals surface area contributed by atoms with E-state index >= 15 is 0 Å². The van der Waals surface area contributed by atoms with Crippen LogP contribution in [0.15, 0.2) is 30.3 Å². The van der Waals surface area contributed by atoms with E-state index in [9.17, 15) is 4.79 Å². The summed E-state index contributed by atoms with van der Waals surface area (Å²) >= 11 is 5.79. The minimum absolute atomic E-state index is 0.120. The fourth-order valence-corrected chi connectivity index (χ4v) is 1.53. The Morgan fingerprint density at radius 3 is 2.56 bits per heavy atom. The van der Waals surface area contributed by atoms with Crippen LogP contribution >= 0.6 is 11.6 Å². The molecule has 2 aromatic rings. The summed E-state index contributed by atoms with van der Waals surface area (Å²) in [5.74, 6) is 0.00160. The van der Waals surface area contributed by atoms with Gasteiger partial charge in [0.1, 0.15) is 5.82 Å². The number of methoxy groups -OCH3 is 1. The van der Waals surface area contributed by atoms with Crippen molar-refractivity contribution in [3.8, 4) is 11.4 Å². The fourth-order valence-electron chi connectivity index (χ4n) is 1.40. The maximum atomic E-state index is 11.4. The molecule has 2 N–H and O–H groups in total. The molecule has 18 heavy (non-hydrogen) atoms. The third-order valence-electron chi connectivity index (χ3n) is 2.24. The van der Waals surface area contributed by atoms with E-state index < -0.39 is 5.97 Å². The largest absolute Gasteiger partial charge is 0.464 e. The topological polar surface area (TPSA) is 78.1 Å². The number of ether oxygens (including phenoxy) is 1. The van der Waals surface area contributed by atoms with E-state index in [2.05, 4.69) is 14.7 Å². The molecule has 92 valence electrons. The first-order valence-corrected chi connectivity index (χ1v) is 5.47. The van der Waals surface area contributed by atoms with Crippen molar-refractivity contribution in [2.45, 2.75) is 0 Å². The molecule has 0 saturated carbocycles. The minimum atomic E-state index is -0.556. The smallest absolute Gasteiger partial charge is 0.356 e. The van der Waals surface area contributed by atoms with Crippen molar-refractivity contribution in [2.75, 3.05) is 12.8 Å². The summed E-state index contributed by atoms with van der Waals surface area (Å²) in [5.41, 5.74) is 6.47. The van der Waals surface area contributed by atoms with Crippen LogP contribution in [0.2, 0.25) is 5.02 Å². The number of hydrogen-bond acceptors (Lipinski definition) is 5. The summed E-state index contributed by atoms with van der Waals surface area (Å²) in [7, 11) is 1.28. The number of hydrogen-bond donors (Lipinski definition) is 1. The van der Waals surface area contributed by atoms with Gasteiger partial charge in [-0.05, 0) is 24.3 Å². The van der Waals surface area contributed by atoms with Gasteiger partial charge in [-0.25, -0.2) is 14.8 Å². The first-order chi connectivity index (χ1) is 8.60. The second-order valence-corrected chi connectivity index (χ2v) is 3.94. The third kappa shape index (κ3) is 2.57. The highest BCUT2D eigenvalue weighted by Crippen LogP contribution is 2.19. The number of rotatable bonds is 2. The van der Waals surface area contributed by atoms with Gasteiger partial charge in [0.05, 0.1) is 7.11 Å². The van der Waals surface area contributed by atoms with E-state index in [1.807, 2.05) is 0 Å². The minimum Gasteiger partial charge on any atom is -0.464 e. The van der Waals surface area contributed by atoms with Gasteiger partial charge in [0.25, 0.3) is 0 Å². The molecule has 0 aliphatic carbocycles. The SMILES string of the molecule is COC(=O)c1cc(N)nc(-c2ccc(Cl)cc2)n1. The van der Waals surface area contributed by atoms with Crippen LogP contribution in [0.3, 0.4) is 0 Å². The molecule has 0 radical (unpaired) electrons. The molecule has 0 fully saturated rings. The monoisotopic (exact) mass is 263 g/mol. The van der Waals surface area contributed by atoms with E-state index in [0.29, 0.717) is 10.8 Å². The van der Waals surface area contributed by atoms with Crippen LogP contribution in [0.5, 0.6) is 0 Å². The molecule has 1 aromatic carbocycles. The molecule has 5 nitrogen and oxygen atoms in total. The Balaban J connectivity index is 2.48. The number of nitrogens with zero attached hydrogens (tertiary/aromatic N) is 2. The maximum absolute atomic E-state index is 11.4. The molecule has 6 heteroatoms. The average Bonchev–Trinajstić information content (AvgIpc) is 2.38. The number of anilines is 1. The molecular weight excluding hydrogens is 254 g/mol. The lowest BCUT2D eigenvalue weighted by molar-refractivity contribution is 0.0594. The predicted octanol–water partition coefficient (Wildman–Crippen LogP) is 2.17. The van der Waals surface area contributed by atoms with E-state index in [4.69, 9.17) is 17.3 Å². The zero-order valence-electron chi connectivity index (χ0n) is 9.55. The number of carbonyl (C=O) groups is 1. The molecule has 0 amide bonds. The Morgan fingerprint density at radius 2 is 1.94 bits per heavy atom. The van der Waals surface area contributed by atoms with E-state index in [-0.39, 0.29) is 11.5 Å². The predicted molar refractivity (Wildman–Crippen MR) is 68.2 cm³/mol. The highest BCUT2D eigenvalue weighted by Gasteiger charge is 2.11. The summed E-state index contributed by atoms with van der Waals surface area (Å²) in [5, 5.41) is 0.607. The van der Waals surface area contributed by atoms with E-state index in [0.717, 1.165) is 5.56 Å². The number of carbonyl (C=O) groups excluding carboxylic acids is 1. The zero-order valence-corrected chi connectivity index (χ0v) is 10.3. The van der Waals surface area contributed by atoms with Gasteiger partial charge in [-0.2, -0.15) is 0 Å². The molecule has 0 aliphatic rings. The molecule has 0 saturated heterocycles. The zero-order chi connectivity index (χ0) is 13.1. The average molecular weight is 264 g/mol. The van der Waals surface area contributed by atoms with Gasteiger partial charge in [-0.3, -0.25) is 0 Å². The highest BCUT2D eigenvalue weighted by molar-refractivity contribution is 6.30. The number of halogens is 1. The quantitative estimate of drug-likeness (QED) is 0.840. The fraction of sp³-hybridized carbons (Fsp3) is 0.0833. The van der Waals surface area contributed by atoms with Crippen molar-refractivity contribution >= 4 is 23.4 Å². The molecule has 0 unspecified atom stereocenters. The Bertz CT molecular complexity index is 584. The van der Waals surface area contributed by atoms with Gasteiger partial charge in [0, 0.05) is 16.7 Å². The van der Waals surface area contributed by atoms with Crippen LogP contribution in [0.1, 0.15) is 10.5 Å². The molecule has 2 rings (SSSR count). The normalized spacial score (nSPS) is 10.1. The number of nitrogen functional groups attached to an aromatic ring is 1. The van der Waals surface area contributed by atoms with Crippen LogP contribution in [-0.2, 0) is 4.74 Å². The molecule has 0 spiro atoms. The van der Waals surface area contributed by atoms with Crippen LogP contribution in [0, 0.1) is 0 Å². The summed E-state index contributed by atoms with van der Waals surface area (Å²) in [4.78, 5) is 19.6. The third-order valence-corrected chi connectivity index (χ3v) is 2.49. The summed E-state index contributed by atoms with van der Waals surface area (Å²) < 4.78 is 4.60. The van der Waals surface area contributed by atoms with Gasteiger partial charge in [0.15, 0.2) is 11.5 Å². The van der Waals surface area contributed by atoms with Gasteiger partial charge >= 0.3 is 5.97 Å². The Labute approximate surface area is 109 Å². The van der Waals surface area contributed by atoms with Crippen molar-refractivity contribution in [3.63, 3.8) is 0 Å². The molecule has 1 heterocycles. The summed E-state index contributed by atoms with van der Waals surface area (Å²) in [6.45, 7) is 0. The van der Waals surface area contributed by atoms with Crippen molar-refractivity contribution < 1.29 is 9.53 Å². The lowest BCUT2D eigenvalue weighted by atomic mass is 10.2. The lowest BCUT2D eigenvalue weighted by Crippen LogP contribution is -2.08. The molecular formula is C12H10ClN3O2. The van der Waals surface area contributed by atoms with Crippen molar-refractivity contribution in [3.05, 3.63) is 41.0 Å². The number of benzene rings is 1. The van der Waals surface area contributed by atoms with E-state index in [1.54, 1.807) is 24.3 Å². The standard InChI is InChI=1S/C12H10ClN3O2/c1-18-12(17)9-6-10(14)16-11(15-9)7-2-4-8(13)5-3-7/h2-6H,1H3,(H2,14,15,16). The van der Waals surface area contributed by atoms with Gasteiger partial charge in [-0.1, -0.05) is 11.6 Å². The van der Waals surface area contributed by atoms with Crippen LogP contribution in [-0.4, -0.2) is 23.0 Å². The van der Waals surface area contributed by atoms with E-state index in [1.165, 1.54) is 13.2 Å². The Morgan fingerprint density at radius 1 is 1.28 bits per heavy atom. The van der Waals surface area contributed by atoms with Gasteiger partial charge in [-0.15, -0.1) is 0 Å². The number of esters is 1. The van der Waals surface area contributed by atoms with Crippen molar-refractivity contribution in [2.24, 2.45) is 0 Å².